The van der Waals surface area contributed by atoms with Gasteiger partial charge in [-0.1, -0.05) is 11.8 Å². The van der Waals surface area contributed by atoms with Crippen LogP contribution < -0.4 is 0 Å². The average molecular weight is 317 g/mol. The van der Waals surface area contributed by atoms with Crippen molar-refractivity contribution in [2.24, 2.45) is 0 Å². The Kier molecular flexibility index (Phi) is 5.10. The van der Waals surface area contributed by atoms with E-state index >= 15 is 0 Å². The second kappa shape index (κ2) is 7.24. The Bertz CT molecular complexity index is 617. The van der Waals surface area contributed by atoms with E-state index in [4.69, 9.17) is 5.11 Å². The molecule has 110 valence electrons. The van der Waals surface area contributed by atoms with Crippen molar-refractivity contribution in [2.75, 3.05) is 6.61 Å². The fourth-order valence-electron chi connectivity index (χ4n) is 2.31. The van der Waals surface area contributed by atoms with Gasteiger partial charge >= 0.3 is 0 Å². The smallest absolute Gasteiger partial charge is 0.0771 e. The highest BCUT2D eigenvalue weighted by molar-refractivity contribution is 7.12. The van der Waals surface area contributed by atoms with Gasteiger partial charge in [0, 0.05) is 30.4 Å². The Hall–Kier alpha value is -1.12. The first-order valence-electron chi connectivity index (χ1n) is 7.29. The summed E-state index contributed by atoms with van der Waals surface area (Å²) in [6.45, 7) is 2.21. The molecule has 0 aliphatic heterocycles. The first-order chi connectivity index (χ1) is 10.3. The van der Waals surface area contributed by atoms with Crippen molar-refractivity contribution >= 4 is 22.7 Å². The molecule has 2 aromatic rings. The number of aliphatic hydroxyl groups excluding tert-OH is 1. The zero-order valence-corrected chi connectivity index (χ0v) is 13.6. The fraction of sp³-hybridized carbons (Fsp3) is 0.412. The minimum Gasteiger partial charge on any atom is -0.395 e. The maximum absolute atomic E-state index is 8.75. The maximum Gasteiger partial charge on any atom is 0.0771 e. The molecule has 0 spiro atoms. The standard InChI is InChI=1S/C17H19NOS2/c19-9-2-1-3-16-6-7-17(21-16)12-18(15-4-5-15)11-14-8-10-20-13-14/h6-8,10,13,15,19H,2,4-5,9,11-12H2. The van der Waals surface area contributed by atoms with E-state index in [1.807, 2.05) is 0 Å². The van der Waals surface area contributed by atoms with Gasteiger partial charge in [0.05, 0.1) is 11.5 Å². The zero-order chi connectivity index (χ0) is 14.5. The second-order valence-electron chi connectivity index (χ2n) is 5.31. The third-order valence-corrected chi connectivity index (χ3v) is 5.22. The van der Waals surface area contributed by atoms with Gasteiger partial charge in [-0.15, -0.1) is 11.3 Å². The molecule has 2 nitrogen and oxygen atoms in total. The van der Waals surface area contributed by atoms with E-state index in [0.717, 1.165) is 24.0 Å². The van der Waals surface area contributed by atoms with Gasteiger partial charge in [0.15, 0.2) is 0 Å². The molecule has 2 aromatic heterocycles. The number of thiophene rings is 2. The van der Waals surface area contributed by atoms with Gasteiger partial charge in [-0.3, -0.25) is 4.90 Å². The van der Waals surface area contributed by atoms with Crippen molar-refractivity contribution in [3.63, 3.8) is 0 Å². The summed E-state index contributed by atoms with van der Waals surface area (Å²) in [7, 11) is 0. The molecule has 1 aliphatic rings. The number of aliphatic hydroxyl groups is 1. The summed E-state index contributed by atoms with van der Waals surface area (Å²) < 4.78 is 0. The van der Waals surface area contributed by atoms with Gasteiger partial charge in [0.1, 0.15) is 0 Å². The number of hydrogen-bond donors (Lipinski definition) is 1. The highest BCUT2D eigenvalue weighted by Crippen LogP contribution is 2.31. The molecule has 3 rings (SSSR count). The third-order valence-electron chi connectivity index (χ3n) is 3.50. The first-order valence-corrected chi connectivity index (χ1v) is 9.04. The minimum absolute atomic E-state index is 0.140. The average Bonchev–Trinajstić information content (AvgIpc) is 3.03. The summed E-state index contributed by atoms with van der Waals surface area (Å²) in [6, 6.07) is 7.27. The first kappa shape index (κ1) is 14.8. The molecule has 1 aliphatic carbocycles. The summed E-state index contributed by atoms with van der Waals surface area (Å²) >= 11 is 3.55. The molecular formula is C17H19NOS2. The topological polar surface area (TPSA) is 23.5 Å². The van der Waals surface area contributed by atoms with Gasteiger partial charge in [0.2, 0.25) is 0 Å². The lowest BCUT2D eigenvalue weighted by atomic mass is 10.3. The predicted molar refractivity (Wildman–Crippen MR) is 89.5 cm³/mol. The van der Waals surface area contributed by atoms with Gasteiger partial charge in [0.25, 0.3) is 0 Å². The minimum atomic E-state index is 0.140. The lowest BCUT2D eigenvalue weighted by Gasteiger charge is -2.20. The molecule has 1 saturated carbocycles. The largest absolute Gasteiger partial charge is 0.395 e. The second-order valence-corrected chi connectivity index (χ2v) is 7.26. The van der Waals surface area contributed by atoms with E-state index in [1.165, 1.54) is 23.3 Å². The van der Waals surface area contributed by atoms with E-state index in [1.54, 1.807) is 22.7 Å². The fourth-order valence-corrected chi connectivity index (χ4v) is 3.87. The van der Waals surface area contributed by atoms with Crippen LogP contribution in [0, 0.1) is 11.8 Å². The lowest BCUT2D eigenvalue weighted by Crippen LogP contribution is -2.24. The molecule has 0 saturated heterocycles. The van der Waals surface area contributed by atoms with Crippen LogP contribution in [0.3, 0.4) is 0 Å². The van der Waals surface area contributed by atoms with E-state index in [9.17, 15) is 0 Å². The van der Waals surface area contributed by atoms with Crippen LogP contribution in [0.15, 0.2) is 29.0 Å². The molecule has 1 N–H and O–H groups in total. The summed E-state index contributed by atoms with van der Waals surface area (Å²) in [5.74, 6) is 6.11. The van der Waals surface area contributed by atoms with Crippen molar-refractivity contribution in [2.45, 2.75) is 38.4 Å². The molecule has 0 amide bonds. The highest BCUT2D eigenvalue weighted by Gasteiger charge is 2.29. The summed E-state index contributed by atoms with van der Waals surface area (Å²) in [6.07, 6.45) is 3.22. The Labute approximate surface area is 134 Å². The molecule has 1 fully saturated rings. The lowest BCUT2D eigenvalue weighted by molar-refractivity contribution is 0.248. The van der Waals surface area contributed by atoms with Crippen molar-refractivity contribution in [1.29, 1.82) is 0 Å². The third kappa shape index (κ3) is 4.42. The SMILES string of the molecule is OCCC#Cc1ccc(CN(Cc2ccsc2)C2CC2)s1. The normalized spacial score (nSPS) is 14.2. The van der Waals surface area contributed by atoms with Gasteiger partial charge < -0.3 is 5.11 Å². The van der Waals surface area contributed by atoms with Crippen LogP contribution in [-0.2, 0) is 13.1 Å². The molecule has 0 bridgehead atoms. The number of hydrogen-bond acceptors (Lipinski definition) is 4. The van der Waals surface area contributed by atoms with E-state index < -0.39 is 0 Å². The van der Waals surface area contributed by atoms with E-state index in [0.29, 0.717) is 6.42 Å². The molecule has 0 atom stereocenters. The van der Waals surface area contributed by atoms with Crippen LogP contribution in [0.5, 0.6) is 0 Å². The van der Waals surface area contributed by atoms with Crippen LogP contribution in [-0.4, -0.2) is 22.7 Å². The molecule has 4 heteroatoms. The van der Waals surface area contributed by atoms with Crippen molar-refractivity contribution in [3.8, 4) is 11.8 Å². The van der Waals surface area contributed by atoms with Crippen molar-refractivity contribution in [3.05, 3.63) is 44.3 Å². The summed E-state index contributed by atoms with van der Waals surface area (Å²) in [5, 5.41) is 13.2. The van der Waals surface area contributed by atoms with Crippen LogP contribution in [0.2, 0.25) is 0 Å². The number of rotatable bonds is 6. The summed E-state index contributed by atoms with van der Waals surface area (Å²) in [4.78, 5) is 5.06. The molecule has 0 radical (unpaired) electrons. The van der Waals surface area contributed by atoms with Crippen LogP contribution in [0.4, 0.5) is 0 Å². The Morgan fingerprint density at radius 1 is 1.24 bits per heavy atom. The molecular weight excluding hydrogens is 298 g/mol. The van der Waals surface area contributed by atoms with Gasteiger partial charge in [-0.2, -0.15) is 11.3 Å². The maximum atomic E-state index is 8.75. The quantitative estimate of drug-likeness (QED) is 0.821. The predicted octanol–water partition coefficient (Wildman–Crippen LogP) is 3.71. The molecule has 21 heavy (non-hydrogen) atoms. The van der Waals surface area contributed by atoms with Crippen molar-refractivity contribution < 1.29 is 5.11 Å². The Morgan fingerprint density at radius 3 is 2.86 bits per heavy atom. The Morgan fingerprint density at radius 2 is 2.14 bits per heavy atom. The zero-order valence-electron chi connectivity index (χ0n) is 11.9. The van der Waals surface area contributed by atoms with E-state index in [-0.39, 0.29) is 6.61 Å². The number of nitrogens with zero attached hydrogens (tertiary/aromatic N) is 1. The molecule has 2 heterocycles. The van der Waals surface area contributed by atoms with Crippen LogP contribution >= 0.6 is 22.7 Å². The van der Waals surface area contributed by atoms with Gasteiger partial charge in [-0.25, -0.2) is 0 Å². The monoisotopic (exact) mass is 317 g/mol. The van der Waals surface area contributed by atoms with Crippen molar-refractivity contribution in [1.82, 2.24) is 4.90 Å². The molecule has 0 unspecified atom stereocenters. The van der Waals surface area contributed by atoms with E-state index in [2.05, 4.69) is 45.7 Å². The summed E-state index contributed by atoms with van der Waals surface area (Å²) in [5.41, 5.74) is 1.42. The highest BCUT2D eigenvalue weighted by atomic mass is 32.1. The molecule has 0 aromatic carbocycles. The van der Waals surface area contributed by atoms with Gasteiger partial charge in [-0.05, 0) is 47.4 Å². The van der Waals surface area contributed by atoms with Crippen LogP contribution in [0.25, 0.3) is 0 Å². The Balaban J connectivity index is 1.62. The van der Waals surface area contributed by atoms with Crippen LogP contribution in [0.1, 0.15) is 34.6 Å².